The van der Waals surface area contributed by atoms with E-state index in [4.69, 9.17) is 4.74 Å². The Kier molecular flexibility index (Phi) is 6.12. The molecule has 0 aliphatic carbocycles. The number of esters is 1. The molecule has 0 unspecified atom stereocenters. The number of carbonyl (C=O) groups is 2. The minimum atomic E-state index is -0.391. The molecule has 0 atom stereocenters. The number of aromatic amines is 1. The van der Waals surface area contributed by atoms with Crippen molar-refractivity contribution in [1.82, 2.24) is 25.1 Å². The number of carbonyl (C=O) groups excluding carboxylic acids is 2. The zero-order chi connectivity index (χ0) is 22.3. The summed E-state index contributed by atoms with van der Waals surface area (Å²) in [6.45, 7) is 0. The van der Waals surface area contributed by atoms with Crippen LogP contribution in [0.3, 0.4) is 0 Å². The quantitative estimate of drug-likeness (QED) is 0.285. The number of rotatable bonds is 8. The highest BCUT2D eigenvalue weighted by Gasteiger charge is 2.09. The van der Waals surface area contributed by atoms with Crippen molar-refractivity contribution in [1.29, 1.82) is 0 Å². The number of H-pyrrole nitrogens is 1. The lowest BCUT2D eigenvalue weighted by Gasteiger charge is -2.07. The highest BCUT2D eigenvalue weighted by Crippen LogP contribution is 2.22. The second-order valence-corrected chi connectivity index (χ2v) is 6.69. The standard InChI is InChI=1S/C22H19N7O3/c1-32-20(31)16-7-5-15(6-8-16)18-12-19(29-28-18)26-22-24-13-23-21(27-22)25-17-4-2-3-14(11-17)9-10-30/h2-8,10-13H,9H2,1H3,(H3,23,24,25,26,27,28,29). The number of nitrogens with zero attached hydrogens (tertiary/aromatic N) is 4. The molecule has 0 spiro atoms. The number of nitrogens with one attached hydrogen (secondary N) is 3. The summed E-state index contributed by atoms with van der Waals surface area (Å²) in [6, 6.07) is 16.2. The number of hydrogen-bond acceptors (Lipinski definition) is 9. The Morgan fingerprint density at radius 3 is 2.59 bits per heavy atom. The normalized spacial score (nSPS) is 10.4. The molecule has 10 heteroatoms. The summed E-state index contributed by atoms with van der Waals surface area (Å²) in [5, 5.41) is 13.3. The van der Waals surface area contributed by atoms with Gasteiger partial charge in [0.05, 0.1) is 18.4 Å². The lowest BCUT2D eigenvalue weighted by Crippen LogP contribution is -2.03. The molecule has 0 amide bonds. The fourth-order valence-corrected chi connectivity index (χ4v) is 2.97. The number of aldehydes is 1. The van der Waals surface area contributed by atoms with Crippen LogP contribution >= 0.6 is 0 Å². The van der Waals surface area contributed by atoms with E-state index in [1.165, 1.54) is 13.4 Å². The van der Waals surface area contributed by atoms with Gasteiger partial charge in [0.15, 0.2) is 5.82 Å². The van der Waals surface area contributed by atoms with Gasteiger partial charge in [0.25, 0.3) is 0 Å². The van der Waals surface area contributed by atoms with Crippen LogP contribution in [0.15, 0.2) is 60.9 Å². The van der Waals surface area contributed by atoms with Crippen molar-refractivity contribution in [3.63, 3.8) is 0 Å². The summed E-state index contributed by atoms with van der Waals surface area (Å²) in [5.74, 6) is 0.783. The monoisotopic (exact) mass is 429 g/mol. The molecule has 0 aliphatic rings. The Morgan fingerprint density at radius 1 is 1.06 bits per heavy atom. The molecule has 0 saturated carbocycles. The summed E-state index contributed by atoms with van der Waals surface area (Å²) in [4.78, 5) is 34.9. The SMILES string of the molecule is COC(=O)c1ccc(-c2cc(Nc3ncnc(Nc4cccc(CC=O)c4)n3)n[nH]2)cc1. The molecule has 2 aromatic heterocycles. The molecule has 0 bridgehead atoms. The molecule has 4 aromatic rings. The smallest absolute Gasteiger partial charge is 0.337 e. The molecule has 3 N–H and O–H groups in total. The summed E-state index contributed by atoms with van der Waals surface area (Å²) in [7, 11) is 1.34. The first-order valence-electron chi connectivity index (χ1n) is 9.64. The number of benzene rings is 2. The van der Waals surface area contributed by atoms with Gasteiger partial charge in [-0.2, -0.15) is 10.1 Å². The van der Waals surface area contributed by atoms with Gasteiger partial charge >= 0.3 is 5.97 Å². The van der Waals surface area contributed by atoms with Gasteiger partial charge in [-0.3, -0.25) is 5.10 Å². The van der Waals surface area contributed by atoms with Crippen LogP contribution in [-0.4, -0.2) is 44.5 Å². The average molecular weight is 429 g/mol. The number of aromatic nitrogens is 5. The van der Waals surface area contributed by atoms with E-state index in [0.717, 1.165) is 28.8 Å². The van der Waals surface area contributed by atoms with Crippen LogP contribution in [0.25, 0.3) is 11.3 Å². The van der Waals surface area contributed by atoms with Gasteiger partial charge in [0, 0.05) is 18.2 Å². The second kappa shape index (κ2) is 9.47. The average Bonchev–Trinajstić information content (AvgIpc) is 3.28. The van der Waals surface area contributed by atoms with Gasteiger partial charge < -0.3 is 20.2 Å². The highest BCUT2D eigenvalue weighted by atomic mass is 16.5. The van der Waals surface area contributed by atoms with Gasteiger partial charge in [0.1, 0.15) is 12.6 Å². The second-order valence-electron chi connectivity index (χ2n) is 6.69. The summed E-state index contributed by atoms with van der Waals surface area (Å²) in [6.07, 6.45) is 2.58. The lowest BCUT2D eigenvalue weighted by molar-refractivity contribution is -0.107. The van der Waals surface area contributed by atoms with Crippen LogP contribution in [0.4, 0.5) is 23.4 Å². The number of methoxy groups -OCH3 is 1. The first kappa shape index (κ1) is 20.7. The fraction of sp³-hybridized carbons (Fsp3) is 0.0909. The molecule has 160 valence electrons. The molecule has 0 fully saturated rings. The third-order valence-electron chi connectivity index (χ3n) is 4.51. The molecule has 10 nitrogen and oxygen atoms in total. The summed E-state index contributed by atoms with van der Waals surface area (Å²) < 4.78 is 4.71. The van der Waals surface area contributed by atoms with Crippen molar-refractivity contribution < 1.29 is 14.3 Å². The van der Waals surface area contributed by atoms with E-state index in [2.05, 4.69) is 35.8 Å². The van der Waals surface area contributed by atoms with Crippen molar-refractivity contribution in [3.8, 4) is 11.3 Å². The topological polar surface area (TPSA) is 135 Å². The number of hydrogen-bond donors (Lipinski definition) is 3. The number of anilines is 4. The molecule has 4 rings (SSSR count). The van der Waals surface area contributed by atoms with Crippen LogP contribution in [0.2, 0.25) is 0 Å². The molecule has 0 radical (unpaired) electrons. The van der Waals surface area contributed by atoms with Crippen molar-refractivity contribution in [3.05, 3.63) is 72.1 Å². The Bertz CT molecular complexity index is 1240. The molecular formula is C22H19N7O3. The van der Waals surface area contributed by atoms with Gasteiger partial charge in [-0.05, 0) is 35.4 Å². The zero-order valence-electron chi connectivity index (χ0n) is 17.1. The van der Waals surface area contributed by atoms with Crippen molar-refractivity contribution in [2.45, 2.75) is 6.42 Å². The maximum absolute atomic E-state index is 11.6. The van der Waals surface area contributed by atoms with E-state index in [-0.39, 0.29) is 0 Å². The van der Waals surface area contributed by atoms with E-state index in [1.54, 1.807) is 30.3 Å². The third kappa shape index (κ3) is 4.93. The minimum Gasteiger partial charge on any atom is -0.465 e. The van der Waals surface area contributed by atoms with E-state index in [1.807, 2.05) is 24.3 Å². The summed E-state index contributed by atoms with van der Waals surface area (Å²) in [5.41, 5.74) is 3.73. The van der Waals surface area contributed by atoms with E-state index in [9.17, 15) is 9.59 Å². The Labute approximate surface area is 183 Å². The highest BCUT2D eigenvalue weighted by molar-refractivity contribution is 5.89. The molecular weight excluding hydrogens is 410 g/mol. The Morgan fingerprint density at radius 2 is 1.84 bits per heavy atom. The van der Waals surface area contributed by atoms with Crippen molar-refractivity contribution in [2.24, 2.45) is 0 Å². The van der Waals surface area contributed by atoms with Crippen LogP contribution in [-0.2, 0) is 16.0 Å². The molecule has 0 saturated heterocycles. The van der Waals surface area contributed by atoms with Crippen LogP contribution in [0.5, 0.6) is 0 Å². The predicted molar refractivity (Wildman–Crippen MR) is 118 cm³/mol. The number of ether oxygens (including phenoxy) is 1. The summed E-state index contributed by atoms with van der Waals surface area (Å²) >= 11 is 0. The molecule has 32 heavy (non-hydrogen) atoms. The molecule has 2 aromatic carbocycles. The molecule has 0 aliphatic heterocycles. The van der Waals surface area contributed by atoms with Gasteiger partial charge in [0.2, 0.25) is 11.9 Å². The first-order chi connectivity index (χ1) is 15.6. The van der Waals surface area contributed by atoms with Crippen LogP contribution in [0, 0.1) is 0 Å². The van der Waals surface area contributed by atoms with Crippen molar-refractivity contribution >= 4 is 35.7 Å². The maximum Gasteiger partial charge on any atom is 0.337 e. The van der Waals surface area contributed by atoms with E-state index < -0.39 is 5.97 Å². The van der Waals surface area contributed by atoms with Crippen LogP contribution in [0.1, 0.15) is 15.9 Å². The van der Waals surface area contributed by atoms with Crippen LogP contribution < -0.4 is 10.6 Å². The van der Waals surface area contributed by atoms with Gasteiger partial charge in [-0.1, -0.05) is 24.3 Å². The zero-order valence-corrected chi connectivity index (χ0v) is 17.1. The Hall–Kier alpha value is -4.60. The minimum absolute atomic E-state index is 0.311. The van der Waals surface area contributed by atoms with Gasteiger partial charge in [-0.15, -0.1) is 0 Å². The predicted octanol–water partition coefficient (Wildman–Crippen LogP) is 3.28. The lowest BCUT2D eigenvalue weighted by atomic mass is 10.1. The Balaban J connectivity index is 1.45. The first-order valence-corrected chi connectivity index (χ1v) is 9.64. The largest absolute Gasteiger partial charge is 0.465 e. The van der Waals surface area contributed by atoms with E-state index >= 15 is 0 Å². The van der Waals surface area contributed by atoms with Gasteiger partial charge in [-0.25, -0.2) is 14.8 Å². The molecule has 2 heterocycles. The third-order valence-corrected chi connectivity index (χ3v) is 4.51. The fourth-order valence-electron chi connectivity index (χ4n) is 2.97. The maximum atomic E-state index is 11.6. The van der Waals surface area contributed by atoms with E-state index in [0.29, 0.717) is 29.7 Å². The van der Waals surface area contributed by atoms with Crippen molar-refractivity contribution in [2.75, 3.05) is 17.7 Å².